The fraction of sp³-hybridized carbons (Fsp3) is 0.111. The molecule has 9 heteroatoms. The zero-order valence-corrected chi connectivity index (χ0v) is 16.8. The molecule has 2 heterocycles. The summed E-state index contributed by atoms with van der Waals surface area (Å²) in [6.45, 7) is 0.511. The summed E-state index contributed by atoms with van der Waals surface area (Å²) in [5.74, 6) is 1.29. The minimum absolute atomic E-state index is 0.479. The van der Waals surface area contributed by atoms with Gasteiger partial charge in [-0.2, -0.15) is 9.90 Å². The Kier molecular flexibility index (Phi) is 4.95. The molecule has 0 fully saturated rings. The maximum absolute atomic E-state index is 5.17. The molecule has 0 saturated heterocycles. The van der Waals surface area contributed by atoms with E-state index in [1.807, 2.05) is 48.5 Å². The number of hydrogen-bond donors (Lipinski definition) is 1. The molecule has 0 radical (unpaired) electrons. The standard InChI is InChI=1S/C18H15BrN6OS/c1-26-13-8-6-12(7-9-13)11-24-22-17(21-23-24)14-10-20-25(18(14)27)16-5-3-2-4-15(16)19/h2-10,27H,11H2,1H3. The normalized spacial score (nSPS) is 10.9. The number of benzene rings is 2. The highest BCUT2D eigenvalue weighted by atomic mass is 79.9. The molecule has 4 rings (SSSR count). The first-order chi connectivity index (χ1) is 13.2. The van der Waals surface area contributed by atoms with Gasteiger partial charge < -0.3 is 4.74 Å². The van der Waals surface area contributed by atoms with E-state index in [2.05, 4.69) is 49.1 Å². The van der Waals surface area contributed by atoms with Gasteiger partial charge in [-0.1, -0.05) is 24.3 Å². The fourth-order valence-corrected chi connectivity index (χ4v) is 3.38. The van der Waals surface area contributed by atoms with Crippen LogP contribution in [0.15, 0.2) is 64.2 Å². The van der Waals surface area contributed by atoms with Gasteiger partial charge in [0.1, 0.15) is 10.8 Å². The van der Waals surface area contributed by atoms with E-state index in [4.69, 9.17) is 4.74 Å². The SMILES string of the molecule is COc1ccc(Cn2nnc(-c3cnn(-c4ccccc4Br)c3S)n2)cc1. The van der Waals surface area contributed by atoms with Crippen LogP contribution in [0.1, 0.15) is 5.56 Å². The van der Waals surface area contributed by atoms with Gasteiger partial charge in [0.25, 0.3) is 0 Å². The second-order valence-electron chi connectivity index (χ2n) is 5.74. The molecule has 7 nitrogen and oxygen atoms in total. The van der Waals surface area contributed by atoms with Crippen molar-refractivity contribution in [3.8, 4) is 22.8 Å². The van der Waals surface area contributed by atoms with Crippen molar-refractivity contribution in [2.45, 2.75) is 11.6 Å². The van der Waals surface area contributed by atoms with Gasteiger partial charge in [-0.15, -0.1) is 22.8 Å². The zero-order valence-electron chi connectivity index (χ0n) is 14.3. The predicted molar refractivity (Wildman–Crippen MR) is 107 cm³/mol. The van der Waals surface area contributed by atoms with Crippen molar-refractivity contribution in [1.82, 2.24) is 30.0 Å². The monoisotopic (exact) mass is 442 g/mol. The topological polar surface area (TPSA) is 70.7 Å². The molecule has 0 N–H and O–H groups in total. The summed E-state index contributed by atoms with van der Waals surface area (Å²) in [5, 5.41) is 17.8. The van der Waals surface area contributed by atoms with Crippen LogP contribution in [-0.2, 0) is 6.54 Å². The Hall–Kier alpha value is -2.65. The quantitative estimate of drug-likeness (QED) is 0.477. The molecule has 0 amide bonds. The predicted octanol–water partition coefficient (Wildman–Crippen LogP) is 3.63. The molecule has 136 valence electrons. The molecule has 2 aromatic carbocycles. The van der Waals surface area contributed by atoms with Crippen molar-refractivity contribution in [3.05, 3.63) is 64.8 Å². The maximum atomic E-state index is 5.17. The Morgan fingerprint density at radius 3 is 2.63 bits per heavy atom. The Labute approximate surface area is 169 Å². The molecular weight excluding hydrogens is 428 g/mol. The first-order valence-electron chi connectivity index (χ1n) is 8.08. The lowest BCUT2D eigenvalue weighted by Crippen LogP contribution is -2.04. The van der Waals surface area contributed by atoms with Crippen molar-refractivity contribution in [2.75, 3.05) is 7.11 Å². The number of rotatable bonds is 5. The number of hydrogen-bond acceptors (Lipinski definition) is 6. The van der Waals surface area contributed by atoms with Crippen LogP contribution in [0.25, 0.3) is 17.1 Å². The van der Waals surface area contributed by atoms with E-state index in [1.54, 1.807) is 22.8 Å². The molecule has 0 aliphatic carbocycles. The average molecular weight is 443 g/mol. The van der Waals surface area contributed by atoms with Gasteiger partial charge in [0, 0.05) is 4.47 Å². The molecule has 0 atom stereocenters. The summed E-state index contributed by atoms with van der Waals surface area (Å²) in [6, 6.07) is 15.5. The average Bonchev–Trinajstić information content (AvgIpc) is 3.29. The van der Waals surface area contributed by atoms with Crippen molar-refractivity contribution < 1.29 is 4.74 Å². The van der Waals surface area contributed by atoms with Gasteiger partial charge >= 0.3 is 0 Å². The van der Waals surface area contributed by atoms with E-state index in [0.717, 1.165) is 27.0 Å². The van der Waals surface area contributed by atoms with Gasteiger partial charge in [-0.25, -0.2) is 4.68 Å². The smallest absolute Gasteiger partial charge is 0.209 e. The van der Waals surface area contributed by atoms with Crippen LogP contribution in [0.4, 0.5) is 0 Å². The molecule has 0 saturated carbocycles. The van der Waals surface area contributed by atoms with E-state index >= 15 is 0 Å². The number of para-hydroxylation sites is 1. The van der Waals surface area contributed by atoms with Crippen LogP contribution in [-0.4, -0.2) is 37.1 Å². The van der Waals surface area contributed by atoms with Gasteiger partial charge in [0.15, 0.2) is 0 Å². The van der Waals surface area contributed by atoms with Crippen LogP contribution < -0.4 is 4.74 Å². The lowest BCUT2D eigenvalue weighted by Gasteiger charge is -2.06. The summed E-state index contributed by atoms with van der Waals surface area (Å²) >= 11 is 8.14. The molecule has 27 heavy (non-hydrogen) atoms. The second kappa shape index (κ2) is 7.53. The van der Waals surface area contributed by atoms with Crippen LogP contribution >= 0.6 is 28.6 Å². The highest BCUT2D eigenvalue weighted by Gasteiger charge is 2.16. The second-order valence-corrected chi connectivity index (χ2v) is 7.01. The summed E-state index contributed by atoms with van der Waals surface area (Å²) < 4.78 is 7.82. The van der Waals surface area contributed by atoms with E-state index < -0.39 is 0 Å². The number of aromatic nitrogens is 6. The molecule has 0 spiro atoms. The van der Waals surface area contributed by atoms with Gasteiger partial charge in [-0.3, -0.25) is 0 Å². The fourth-order valence-electron chi connectivity index (χ4n) is 2.61. The van der Waals surface area contributed by atoms with Crippen LogP contribution in [0.5, 0.6) is 5.75 Å². The van der Waals surface area contributed by atoms with Crippen LogP contribution in [0.3, 0.4) is 0 Å². The highest BCUT2D eigenvalue weighted by Crippen LogP contribution is 2.28. The summed E-state index contributed by atoms with van der Waals surface area (Å²) in [7, 11) is 1.64. The Bertz CT molecular complexity index is 1080. The van der Waals surface area contributed by atoms with Crippen LogP contribution in [0, 0.1) is 0 Å². The number of thiol groups is 1. The van der Waals surface area contributed by atoms with Crippen molar-refractivity contribution in [1.29, 1.82) is 0 Å². The molecule has 0 aliphatic heterocycles. The summed E-state index contributed by atoms with van der Waals surface area (Å²) in [6.07, 6.45) is 1.69. The molecule has 0 unspecified atom stereocenters. The maximum Gasteiger partial charge on any atom is 0.209 e. The number of tetrazole rings is 1. The number of nitrogens with zero attached hydrogens (tertiary/aromatic N) is 6. The first kappa shape index (κ1) is 17.7. The number of methoxy groups -OCH3 is 1. The molecular formula is C18H15BrN6OS. The minimum atomic E-state index is 0.479. The van der Waals surface area contributed by atoms with Gasteiger partial charge in [0.2, 0.25) is 5.82 Å². The van der Waals surface area contributed by atoms with Crippen molar-refractivity contribution in [3.63, 3.8) is 0 Å². The van der Waals surface area contributed by atoms with E-state index in [9.17, 15) is 0 Å². The lowest BCUT2D eigenvalue weighted by molar-refractivity contribution is 0.414. The third-order valence-corrected chi connectivity index (χ3v) is 5.10. The third-order valence-electron chi connectivity index (χ3n) is 4.00. The van der Waals surface area contributed by atoms with Crippen LogP contribution in [0.2, 0.25) is 0 Å². The largest absolute Gasteiger partial charge is 0.497 e. The van der Waals surface area contributed by atoms with Gasteiger partial charge in [-0.05, 0) is 51.0 Å². The molecule has 4 aromatic rings. The van der Waals surface area contributed by atoms with E-state index in [0.29, 0.717) is 17.4 Å². The number of halogens is 1. The minimum Gasteiger partial charge on any atom is -0.497 e. The first-order valence-corrected chi connectivity index (χ1v) is 9.32. The van der Waals surface area contributed by atoms with Crippen molar-refractivity contribution >= 4 is 28.6 Å². The Morgan fingerprint density at radius 1 is 1.11 bits per heavy atom. The van der Waals surface area contributed by atoms with E-state index in [1.165, 1.54) is 0 Å². The number of ether oxygens (including phenoxy) is 1. The van der Waals surface area contributed by atoms with E-state index in [-0.39, 0.29) is 0 Å². The van der Waals surface area contributed by atoms with Gasteiger partial charge in [0.05, 0.1) is 31.1 Å². The van der Waals surface area contributed by atoms with Crippen molar-refractivity contribution in [2.24, 2.45) is 0 Å². The molecule has 0 bridgehead atoms. The summed E-state index contributed by atoms with van der Waals surface area (Å²) in [4.78, 5) is 1.54. The highest BCUT2D eigenvalue weighted by molar-refractivity contribution is 9.10. The Balaban J connectivity index is 1.59. The zero-order chi connectivity index (χ0) is 18.8. The molecule has 2 aromatic heterocycles. The molecule has 0 aliphatic rings. The summed E-state index contributed by atoms with van der Waals surface area (Å²) in [5.41, 5.74) is 2.66. The Morgan fingerprint density at radius 2 is 1.89 bits per heavy atom. The lowest BCUT2D eigenvalue weighted by atomic mass is 10.2. The third kappa shape index (κ3) is 3.60.